The van der Waals surface area contributed by atoms with E-state index in [1.54, 1.807) is 0 Å². The summed E-state index contributed by atoms with van der Waals surface area (Å²) in [5, 5.41) is 0. The number of ketones is 1. The van der Waals surface area contributed by atoms with E-state index in [1.807, 2.05) is 0 Å². The molecule has 5 heteroatoms. The Balaban J connectivity index is 2.97. The van der Waals surface area contributed by atoms with Gasteiger partial charge >= 0.3 is 5.97 Å². The van der Waals surface area contributed by atoms with Crippen LogP contribution in [0.15, 0.2) is 22.7 Å². The average Bonchev–Trinajstić information content (AvgIpc) is 2.29. The van der Waals surface area contributed by atoms with E-state index in [2.05, 4.69) is 20.7 Å². The molecule has 1 aromatic rings. The van der Waals surface area contributed by atoms with Crippen LogP contribution in [0.5, 0.6) is 0 Å². The summed E-state index contributed by atoms with van der Waals surface area (Å²) in [6.07, 6.45) is 0. The molecule has 0 radical (unpaired) electrons. The van der Waals surface area contributed by atoms with Gasteiger partial charge in [-0.15, -0.1) is 0 Å². The molecule has 0 aliphatic carbocycles. The molecule has 0 aromatic heterocycles. The van der Waals surface area contributed by atoms with E-state index in [4.69, 9.17) is 0 Å². The summed E-state index contributed by atoms with van der Waals surface area (Å²) >= 11 is 2.97. The minimum atomic E-state index is -0.887. The Morgan fingerprint density at radius 3 is 2.56 bits per heavy atom. The molecule has 0 aliphatic rings. The van der Waals surface area contributed by atoms with E-state index in [1.165, 1.54) is 32.2 Å². The van der Waals surface area contributed by atoms with Crippen LogP contribution >= 0.6 is 15.9 Å². The molecule has 0 saturated heterocycles. The summed E-state index contributed by atoms with van der Waals surface area (Å²) in [5.41, 5.74) is 0.270. The molecule has 1 rings (SSSR count). The summed E-state index contributed by atoms with van der Waals surface area (Å²) < 4.78 is 17.6. The van der Waals surface area contributed by atoms with Crippen molar-refractivity contribution in [2.24, 2.45) is 5.92 Å². The fraction of sp³-hybridized carbons (Fsp3) is 0.273. The second-order valence-corrected chi connectivity index (χ2v) is 4.09. The Hall–Kier alpha value is -1.23. The zero-order valence-electron chi connectivity index (χ0n) is 8.79. The van der Waals surface area contributed by atoms with Crippen molar-refractivity contribution in [3.05, 3.63) is 34.1 Å². The molecule has 0 amide bonds. The number of halogens is 2. The highest BCUT2D eigenvalue weighted by Gasteiger charge is 2.23. The van der Waals surface area contributed by atoms with Gasteiger partial charge in [-0.1, -0.05) is 0 Å². The first-order valence-corrected chi connectivity index (χ1v) is 5.33. The van der Waals surface area contributed by atoms with Crippen molar-refractivity contribution < 1.29 is 18.7 Å². The molecule has 0 bridgehead atoms. The second kappa shape index (κ2) is 5.21. The van der Waals surface area contributed by atoms with Gasteiger partial charge in [0.2, 0.25) is 0 Å². The third kappa shape index (κ3) is 2.66. The maximum absolute atomic E-state index is 12.9. The van der Waals surface area contributed by atoms with Crippen molar-refractivity contribution in [2.75, 3.05) is 7.11 Å². The van der Waals surface area contributed by atoms with Crippen molar-refractivity contribution in [2.45, 2.75) is 6.92 Å². The number of benzene rings is 1. The second-order valence-electron chi connectivity index (χ2n) is 3.24. The molecule has 1 unspecified atom stereocenters. The number of methoxy groups -OCH3 is 1. The van der Waals surface area contributed by atoms with Gasteiger partial charge in [0.05, 0.1) is 11.6 Å². The number of hydrogen-bond acceptors (Lipinski definition) is 3. The van der Waals surface area contributed by atoms with Crippen LogP contribution in [0.25, 0.3) is 0 Å². The molecular formula is C11H10BrFO3. The molecule has 86 valence electrons. The number of ether oxygens (including phenoxy) is 1. The van der Waals surface area contributed by atoms with Gasteiger partial charge < -0.3 is 4.74 Å². The van der Waals surface area contributed by atoms with Crippen LogP contribution in [-0.4, -0.2) is 18.9 Å². The van der Waals surface area contributed by atoms with Gasteiger partial charge in [-0.3, -0.25) is 9.59 Å². The van der Waals surface area contributed by atoms with Crippen molar-refractivity contribution >= 4 is 27.7 Å². The SMILES string of the molecule is COC(=O)C(C)C(=O)c1ccc(F)c(Br)c1. The van der Waals surface area contributed by atoms with Crippen LogP contribution in [0.3, 0.4) is 0 Å². The van der Waals surface area contributed by atoms with E-state index in [0.29, 0.717) is 0 Å². The maximum Gasteiger partial charge on any atom is 0.316 e. The standard InChI is InChI=1S/C11H10BrFO3/c1-6(11(15)16-2)10(14)7-3-4-9(13)8(12)5-7/h3-6H,1-2H3. The monoisotopic (exact) mass is 288 g/mol. The van der Waals surface area contributed by atoms with Gasteiger partial charge in [0.15, 0.2) is 5.78 Å². The largest absolute Gasteiger partial charge is 0.468 e. The average molecular weight is 289 g/mol. The minimum absolute atomic E-state index is 0.190. The van der Waals surface area contributed by atoms with Gasteiger partial charge in [0.25, 0.3) is 0 Å². The van der Waals surface area contributed by atoms with Crippen molar-refractivity contribution in [1.29, 1.82) is 0 Å². The van der Waals surface area contributed by atoms with Crippen molar-refractivity contribution in [3.63, 3.8) is 0 Å². The summed E-state index contributed by atoms with van der Waals surface area (Å²) in [5.74, 6) is -2.34. The minimum Gasteiger partial charge on any atom is -0.468 e. The van der Waals surface area contributed by atoms with E-state index in [9.17, 15) is 14.0 Å². The number of rotatable bonds is 3. The lowest BCUT2D eigenvalue weighted by atomic mass is 10.00. The normalized spacial score (nSPS) is 12.0. The summed E-state index contributed by atoms with van der Waals surface area (Å²) in [4.78, 5) is 22.9. The molecule has 0 spiro atoms. The molecule has 16 heavy (non-hydrogen) atoms. The van der Waals surface area contributed by atoms with Gasteiger partial charge in [0.1, 0.15) is 11.7 Å². The Labute approximate surface area is 101 Å². The topological polar surface area (TPSA) is 43.4 Å². The number of carbonyl (C=O) groups excluding carboxylic acids is 2. The predicted molar refractivity (Wildman–Crippen MR) is 59.6 cm³/mol. The highest BCUT2D eigenvalue weighted by molar-refractivity contribution is 9.10. The van der Waals surface area contributed by atoms with Crippen LogP contribution in [0.1, 0.15) is 17.3 Å². The lowest BCUT2D eigenvalue weighted by Crippen LogP contribution is -2.22. The van der Waals surface area contributed by atoms with E-state index in [-0.39, 0.29) is 10.0 Å². The molecular weight excluding hydrogens is 279 g/mol. The smallest absolute Gasteiger partial charge is 0.316 e. The van der Waals surface area contributed by atoms with Crippen LogP contribution in [0.2, 0.25) is 0 Å². The summed E-state index contributed by atoms with van der Waals surface area (Å²) in [7, 11) is 1.21. The fourth-order valence-corrected chi connectivity index (χ4v) is 1.56. The molecule has 0 saturated carbocycles. The lowest BCUT2D eigenvalue weighted by Gasteiger charge is -2.08. The molecule has 1 aromatic carbocycles. The fourth-order valence-electron chi connectivity index (χ4n) is 1.18. The molecule has 0 heterocycles. The van der Waals surface area contributed by atoms with Gasteiger partial charge in [-0.2, -0.15) is 0 Å². The summed E-state index contributed by atoms with van der Waals surface area (Å²) in [6, 6.07) is 3.85. The molecule has 3 nitrogen and oxygen atoms in total. The zero-order valence-corrected chi connectivity index (χ0v) is 10.4. The quantitative estimate of drug-likeness (QED) is 0.488. The van der Waals surface area contributed by atoms with Gasteiger partial charge in [0, 0.05) is 5.56 Å². The Morgan fingerprint density at radius 2 is 2.06 bits per heavy atom. The molecule has 0 aliphatic heterocycles. The maximum atomic E-state index is 12.9. The first-order chi connectivity index (χ1) is 7.47. The van der Waals surface area contributed by atoms with Gasteiger partial charge in [-0.05, 0) is 41.1 Å². The Morgan fingerprint density at radius 1 is 1.44 bits per heavy atom. The Bertz CT molecular complexity index is 431. The van der Waals surface area contributed by atoms with E-state index >= 15 is 0 Å². The molecule has 0 N–H and O–H groups in total. The van der Waals surface area contributed by atoms with E-state index in [0.717, 1.165) is 0 Å². The van der Waals surface area contributed by atoms with E-state index < -0.39 is 23.5 Å². The van der Waals surface area contributed by atoms with Crippen molar-refractivity contribution in [3.8, 4) is 0 Å². The highest BCUT2D eigenvalue weighted by atomic mass is 79.9. The number of esters is 1. The highest BCUT2D eigenvalue weighted by Crippen LogP contribution is 2.19. The number of hydrogen-bond donors (Lipinski definition) is 0. The van der Waals surface area contributed by atoms with Crippen LogP contribution in [0.4, 0.5) is 4.39 Å². The number of carbonyl (C=O) groups is 2. The zero-order chi connectivity index (χ0) is 12.3. The lowest BCUT2D eigenvalue weighted by molar-refractivity contribution is -0.143. The van der Waals surface area contributed by atoms with Crippen molar-refractivity contribution in [1.82, 2.24) is 0 Å². The molecule has 0 fully saturated rings. The van der Waals surface area contributed by atoms with Crippen LogP contribution < -0.4 is 0 Å². The Kier molecular flexibility index (Phi) is 4.18. The number of Topliss-reactive ketones (excluding diaryl/α,β-unsaturated/α-hetero) is 1. The third-order valence-corrected chi connectivity index (χ3v) is 2.76. The van der Waals surface area contributed by atoms with Gasteiger partial charge in [-0.25, -0.2) is 4.39 Å². The van der Waals surface area contributed by atoms with Crippen LogP contribution in [-0.2, 0) is 9.53 Å². The molecule has 1 atom stereocenters. The first-order valence-electron chi connectivity index (χ1n) is 4.54. The predicted octanol–water partition coefficient (Wildman–Crippen LogP) is 2.58. The first kappa shape index (κ1) is 12.8. The summed E-state index contributed by atoms with van der Waals surface area (Å²) in [6.45, 7) is 1.45. The van der Waals surface area contributed by atoms with Crippen LogP contribution in [0, 0.1) is 11.7 Å². The third-order valence-electron chi connectivity index (χ3n) is 2.15.